The molecule has 0 radical (unpaired) electrons. The largest absolute Gasteiger partial charge is 0.464 e. The van der Waals surface area contributed by atoms with Gasteiger partial charge in [-0.15, -0.1) is 11.3 Å². The topological polar surface area (TPSA) is 35.3 Å². The van der Waals surface area contributed by atoms with E-state index in [1.54, 1.807) is 36.7 Å². The molecule has 0 atom stereocenters. The third kappa shape index (κ3) is 2.25. The average Bonchev–Trinajstić information content (AvgIpc) is 3.18. The van der Waals surface area contributed by atoms with Crippen molar-refractivity contribution >= 4 is 21.6 Å². The first-order chi connectivity index (χ1) is 10.8. The zero-order valence-electron chi connectivity index (χ0n) is 11.3. The highest BCUT2D eigenvalue weighted by Gasteiger charge is 2.13. The Kier molecular flexibility index (Phi) is 3.12. The quantitative estimate of drug-likeness (QED) is 0.502. The van der Waals surface area contributed by atoms with Gasteiger partial charge in [0.1, 0.15) is 11.5 Å². The van der Waals surface area contributed by atoms with Crippen LogP contribution in [0.5, 0.6) is 11.5 Å². The first kappa shape index (κ1) is 13.0. The zero-order valence-corrected chi connectivity index (χ0v) is 12.1. The Morgan fingerprint density at radius 1 is 1.05 bits per heavy atom. The second kappa shape index (κ2) is 5.27. The fourth-order valence-corrected chi connectivity index (χ4v) is 3.22. The van der Waals surface area contributed by atoms with Crippen molar-refractivity contribution in [3.8, 4) is 22.1 Å². The number of furan rings is 1. The number of halogens is 1. The minimum atomic E-state index is -0.393. The van der Waals surface area contributed by atoms with Crippen molar-refractivity contribution in [3.05, 3.63) is 66.8 Å². The van der Waals surface area contributed by atoms with Crippen LogP contribution in [0.2, 0.25) is 0 Å². The van der Waals surface area contributed by atoms with Gasteiger partial charge in [-0.25, -0.2) is 4.39 Å². The molecule has 0 N–H and O–H groups in total. The number of benzene rings is 1. The van der Waals surface area contributed by atoms with Crippen LogP contribution in [0.4, 0.5) is 4.39 Å². The smallest absolute Gasteiger partial charge is 0.165 e. The van der Waals surface area contributed by atoms with Crippen LogP contribution in [-0.4, -0.2) is 4.98 Å². The zero-order chi connectivity index (χ0) is 14.9. The summed E-state index contributed by atoms with van der Waals surface area (Å²) in [6.45, 7) is 0. The van der Waals surface area contributed by atoms with Crippen molar-refractivity contribution in [3.63, 3.8) is 0 Å². The van der Waals surface area contributed by atoms with Crippen LogP contribution in [0.1, 0.15) is 0 Å². The predicted octanol–water partition coefficient (Wildman–Crippen LogP) is 5.49. The van der Waals surface area contributed by atoms with E-state index in [-0.39, 0.29) is 5.75 Å². The first-order valence-corrected chi connectivity index (χ1v) is 7.48. The average molecular weight is 311 g/mol. The van der Waals surface area contributed by atoms with Crippen LogP contribution in [0.3, 0.4) is 0 Å². The van der Waals surface area contributed by atoms with Gasteiger partial charge in [-0.1, -0.05) is 12.1 Å². The van der Waals surface area contributed by atoms with E-state index >= 15 is 0 Å². The van der Waals surface area contributed by atoms with E-state index in [9.17, 15) is 4.39 Å². The summed E-state index contributed by atoms with van der Waals surface area (Å²) in [6.07, 6.45) is 3.28. The highest BCUT2D eigenvalue weighted by Crippen LogP contribution is 2.39. The van der Waals surface area contributed by atoms with Gasteiger partial charge in [0.2, 0.25) is 0 Å². The van der Waals surface area contributed by atoms with Crippen molar-refractivity contribution in [2.45, 2.75) is 0 Å². The third-order valence-electron chi connectivity index (χ3n) is 3.20. The van der Waals surface area contributed by atoms with Gasteiger partial charge in [0.05, 0.1) is 21.4 Å². The molecule has 0 aliphatic heterocycles. The molecule has 0 bridgehead atoms. The first-order valence-electron chi connectivity index (χ1n) is 6.66. The maximum Gasteiger partial charge on any atom is 0.165 e. The molecule has 0 aliphatic rings. The SMILES string of the molecule is Fc1ccccc1Oc1ccnc2cc(-c3ccco3)sc12. The van der Waals surface area contributed by atoms with E-state index in [4.69, 9.17) is 9.15 Å². The summed E-state index contributed by atoms with van der Waals surface area (Å²) in [6, 6.07) is 13.7. The van der Waals surface area contributed by atoms with Gasteiger partial charge < -0.3 is 9.15 Å². The monoisotopic (exact) mass is 311 g/mol. The summed E-state index contributed by atoms with van der Waals surface area (Å²) >= 11 is 1.50. The Morgan fingerprint density at radius 3 is 2.77 bits per heavy atom. The van der Waals surface area contributed by atoms with Gasteiger partial charge in [-0.2, -0.15) is 0 Å². The van der Waals surface area contributed by atoms with E-state index in [1.165, 1.54) is 17.4 Å². The van der Waals surface area contributed by atoms with Crippen molar-refractivity contribution in [1.29, 1.82) is 0 Å². The van der Waals surface area contributed by atoms with Crippen LogP contribution >= 0.6 is 11.3 Å². The third-order valence-corrected chi connectivity index (χ3v) is 4.35. The highest BCUT2D eigenvalue weighted by atomic mass is 32.1. The van der Waals surface area contributed by atoms with E-state index < -0.39 is 5.82 Å². The van der Waals surface area contributed by atoms with Gasteiger partial charge in [0.25, 0.3) is 0 Å². The molecule has 0 aliphatic carbocycles. The Morgan fingerprint density at radius 2 is 1.95 bits per heavy atom. The number of para-hydroxylation sites is 1. The van der Waals surface area contributed by atoms with Crippen LogP contribution in [-0.2, 0) is 0 Å². The van der Waals surface area contributed by atoms with Crippen LogP contribution in [0.25, 0.3) is 20.9 Å². The molecule has 0 saturated heterocycles. The molecule has 0 amide bonds. The molecule has 5 heteroatoms. The van der Waals surface area contributed by atoms with Gasteiger partial charge in [-0.05, 0) is 30.3 Å². The molecule has 22 heavy (non-hydrogen) atoms. The number of fused-ring (bicyclic) bond motifs is 1. The van der Waals surface area contributed by atoms with Crippen molar-refractivity contribution < 1.29 is 13.5 Å². The molecule has 3 aromatic heterocycles. The number of rotatable bonds is 3. The summed E-state index contributed by atoms with van der Waals surface area (Å²) in [4.78, 5) is 5.29. The molecular formula is C17H10FNO2S. The normalized spacial score (nSPS) is 11.0. The standard InChI is InChI=1S/C17H10FNO2S/c18-11-4-1-2-5-13(11)21-15-7-8-19-12-10-16(22-17(12)15)14-6-3-9-20-14/h1-10H. The molecule has 0 fully saturated rings. The maximum absolute atomic E-state index is 13.8. The second-order valence-corrected chi connectivity index (χ2v) is 5.70. The minimum absolute atomic E-state index is 0.197. The summed E-state index contributed by atoms with van der Waals surface area (Å²) in [7, 11) is 0. The molecule has 3 nitrogen and oxygen atoms in total. The van der Waals surface area contributed by atoms with Gasteiger partial charge in [0.15, 0.2) is 11.6 Å². The molecule has 1 aromatic carbocycles. The summed E-state index contributed by atoms with van der Waals surface area (Å²) < 4.78 is 25.7. The molecule has 0 saturated carbocycles. The van der Waals surface area contributed by atoms with Crippen molar-refractivity contribution in [1.82, 2.24) is 4.98 Å². The van der Waals surface area contributed by atoms with Gasteiger partial charge >= 0.3 is 0 Å². The van der Waals surface area contributed by atoms with Gasteiger partial charge in [0, 0.05) is 12.3 Å². The number of hydrogen-bond donors (Lipinski definition) is 0. The molecule has 4 rings (SSSR count). The Balaban J connectivity index is 1.80. The lowest BCUT2D eigenvalue weighted by Gasteiger charge is -2.06. The fourth-order valence-electron chi connectivity index (χ4n) is 2.18. The van der Waals surface area contributed by atoms with Crippen LogP contribution < -0.4 is 4.74 Å². The molecule has 0 unspecified atom stereocenters. The maximum atomic E-state index is 13.8. The number of aromatic nitrogens is 1. The number of thiophene rings is 1. The van der Waals surface area contributed by atoms with E-state index in [0.717, 1.165) is 20.9 Å². The molecule has 3 heterocycles. The fraction of sp³-hybridized carbons (Fsp3) is 0. The summed E-state index contributed by atoms with van der Waals surface area (Å²) in [5.41, 5.74) is 0.797. The van der Waals surface area contributed by atoms with E-state index in [1.807, 2.05) is 18.2 Å². The number of hydrogen-bond acceptors (Lipinski definition) is 4. The molecule has 108 valence electrons. The lowest BCUT2D eigenvalue weighted by molar-refractivity contribution is 0.447. The van der Waals surface area contributed by atoms with E-state index in [0.29, 0.717) is 5.75 Å². The number of pyridine rings is 1. The van der Waals surface area contributed by atoms with Crippen molar-refractivity contribution in [2.75, 3.05) is 0 Å². The predicted molar refractivity (Wildman–Crippen MR) is 83.8 cm³/mol. The highest BCUT2D eigenvalue weighted by molar-refractivity contribution is 7.22. The molecular weight excluding hydrogens is 301 g/mol. The Bertz CT molecular complexity index is 931. The summed E-state index contributed by atoms with van der Waals surface area (Å²) in [5, 5.41) is 0. The lowest BCUT2D eigenvalue weighted by Crippen LogP contribution is -1.88. The van der Waals surface area contributed by atoms with Crippen molar-refractivity contribution in [2.24, 2.45) is 0 Å². The summed E-state index contributed by atoms with van der Waals surface area (Å²) in [5.74, 6) is 1.16. The van der Waals surface area contributed by atoms with Crippen LogP contribution in [0, 0.1) is 5.82 Å². The second-order valence-electron chi connectivity index (χ2n) is 4.64. The lowest BCUT2D eigenvalue weighted by atomic mass is 10.3. The number of ether oxygens (including phenoxy) is 1. The molecule has 0 spiro atoms. The number of nitrogens with zero attached hydrogens (tertiary/aromatic N) is 1. The van der Waals surface area contributed by atoms with Crippen LogP contribution in [0.15, 0.2) is 65.4 Å². The Hall–Kier alpha value is -2.66. The molecule has 4 aromatic rings. The minimum Gasteiger partial charge on any atom is -0.464 e. The van der Waals surface area contributed by atoms with E-state index in [2.05, 4.69) is 4.98 Å². The Labute approximate surface area is 129 Å². The van der Waals surface area contributed by atoms with Gasteiger partial charge in [-0.3, -0.25) is 4.98 Å².